The third kappa shape index (κ3) is 5.29. The second kappa shape index (κ2) is 7.89. The molecule has 0 aromatic carbocycles. The van der Waals surface area contributed by atoms with Crippen LogP contribution in [-0.2, 0) is 4.74 Å². The van der Waals surface area contributed by atoms with Gasteiger partial charge in [0.25, 0.3) is 11.6 Å². The number of hydrogen-bond donors (Lipinski definition) is 2. The maximum absolute atomic E-state index is 13.3. The highest BCUT2D eigenvalue weighted by atomic mass is 16.6. The first-order chi connectivity index (χ1) is 13.9. The van der Waals surface area contributed by atoms with Crippen molar-refractivity contribution < 1.29 is 18.8 Å². The summed E-state index contributed by atoms with van der Waals surface area (Å²) in [6.07, 6.45) is 1.61. The number of pyridine rings is 1. The highest BCUT2D eigenvalue weighted by molar-refractivity contribution is 6.06. The van der Waals surface area contributed by atoms with Crippen LogP contribution in [0.3, 0.4) is 0 Å². The second-order valence-corrected chi connectivity index (χ2v) is 9.97. The van der Waals surface area contributed by atoms with Crippen LogP contribution in [0.5, 0.6) is 0 Å². The largest absolute Gasteiger partial charge is 0.444 e. The standard InChI is InChI=1S/C22H32N4O4/c1-12(2)17-16-14(10-15(13-8-9-13)24-19(16)30-26-17)18(27)25-22(6,7)11-23-20(28)29-21(3,4)5/h10,12-13H,8-9,11H2,1-7H3,(H,23,28)(H,25,27). The van der Waals surface area contributed by atoms with Crippen molar-refractivity contribution in [1.82, 2.24) is 20.8 Å². The minimum Gasteiger partial charge on any atom is -0.444 e. The van der Waals surface area contributed by atoms with Crippen molar-refractivity contribution >= 4 is 23.1 Å². The molecule has 0 spiro atoms. The molecule has 1 aliphatic rings. The Kier molecular flexibility index (Phi) is 5.80. The Bertz CT molecular complexity index is 952. The van der Waals surface area contributed by atoms with Gasteiger partial charge in [-0.3, -0.25) is 4.79 Å². The van der Waals surface area contributed by atoms with Crippen molar-refractivity contribution in [2.45, 2.75) is 84.3 Å². The van der Waals surface area contributed by atoms with E-state index in [1.165, 1.54) is 0 Å². The molecular formula is C22H32N4O4. The Hall–Kier alpha value is -2.64. The number of nitrogens with zero attached hydrogens (tertiary/aromatic N) is 2. The quantitative estimate of drug-likeness (QED) is 0.729. The van der Waals surface area contributed by atoms with Crippen molar-refractivity contribution in [2.75, 3.05) is 6.54 Å². The Morgan fingerprint density at radius 1 is 1.23 bits per heavy atom. The summed E-state index contributed by atoms with van der Waals surface area (Å²) >= 11 is 0. The summed E-state index contributed by atoms with van der Waals surface area (Å²) in [5.41, 5.74) is 1.22. The minimum absolute atomic E-state index is 0.0909. The van der Waals surface area contributed by atoms with Crippen molar-refractivity contribution in [1.29, 1.82) is 0 Å². The summed E-state index contributed by atoms with van der Waals surface area (Å²) in [5.74, 6) is 0.217. The van der Waals surface area contributed by atoms with Gasteiger partial charge in [0.1, 0.15) is 5.60 Å². The predicted octanol–water partition coefficient (Wildman–Crippen LogP) is 4.26. The monoisotopic (exact) mass is 416 g/mol. The molecule has 2 amide bonds. The van der Waals surface area contributed by atoms with Gasteiger partial charge in [-0.05, 0) is 59.4 Å². The normalized spacial score (nSPS) is 14.8. The lowest BCUT2D eigenvalue weighted by atomic mass is 9.99. The second-order valence-electron chi connectivity index (χ2n) is 9.97. The number of hydrogen-bond acceptors (Lipinski definition) is 6. The van der Waals surface area contributed by atoms with Crippen LogP contribution in [0.1, 0.15) is 94.9 Å². The van der Waals surface area contributed by atoms with Gasteiger partial charge in [0.15, 0.2) is 0 Å². The molecule has 30 heavy (non-hydrogen) atoms. The van der Waals surface area contributed by atoms with Gasteiger partial charge in [-0.1, -0.05) is 19.0 Å². The van der Waals surface area contributed by atoms with Gasteiger partial charge in [0, 0.05) is 18.2 Å². The Balaban J connectivity index is 1.81. The maximum Gasteiger partial charge on any atom is 0.407 e. The molecule has 8 nitrogen and oxygen atoms in total. The number of carbonyl (C=O) groups excluding carboxylic acids is 2. The van der Waals surface area contributed by atoms with Gasteiger partial charge in [-0.25, -0.2) is 9.78 Å². The molecule has 2 N–H and O–H groups in total. The lowest BCUT2D eigenvalue weighted by Gasteiger charge is -2.28. The lowest BCUT2D eigenvalue weighted by molar-refractivity contribution is 0.0509. The molecule has 0 radical (unpaired) electrons. The number of amides is 2. The van der Waals surface area contributed by atoms with E-state index < -0.39 is 17.2 Å². The molecule has 2 aromatic rings. The Labute approximate surface area is 177 Å². The van der Waals surface area contributed by atoms with Gasteiger partial charge in [0.2, 0.25) is 0 Å². The van der Waals surface area contributed by atoms with E-state index in [0.717, 1.165) is 24.2 Å². The first-order valence-electron chi connectivity index (χ1n) is 10.5. The van der Waals surface area contributed by atoms with Crippen LogP contribution in [0.25, 0.3) is 11.1 Å². The van der Waals surface area contributed by atoms with E-state index in [1.54, 1.807) is 20.8 Å². The SMILES string of the molecule is CC(C)c1noc2nc(C3CC3)cc(C(=O)NC(C)(C)CNC(=O)OC(C)(C)C)c12. The van der Waals surface area contributed by atoms with Crippen LogP contribution in [0.2, 0.25) is 0 Å². The molecule has 0 saturated heterocycles. The molecule has 1 aliphatic carbocycles. The van der Waals surface area contributed by atoms with Crippen LogP contribution in [-0.4, -0.2) is 39.8 Å². The average molecular weight is 417 g/mol. The van der Waals surface area contributed by atoms with E-state index in [4.69, 9.17) is 9.26 Å². The third-order valence-corrected chi connectivity index (χ3v) is 4.81. The number of carbonyl (C=O) groups is 2. The summed E-state index contributed by atoms with van der Waals surface area (Å²) in [6, 6.07) is 1.86. The van der Waals surface area contributed by atoms with E-state index in [2.05, 4.69) is 20.8 Å². The van der Waals surface area contributed by atoms with Gasteiger partial charge in [-0.15, -0.1) is 0 Å². The molecule has 8 heteroatoms. The molecule has 2 aromatic heterocycles. The summed E-state index contributed by atoms with van der Waals surface area (Å²) in [6.45, 7) is 13.3. The van der Waals surface area contributed by atoms with Gasteiger partial charge >= 0.3 is 6.09 Å². The summed E-state index contributed by atoms with van der Waals surface area (Å²) in [4.78, 5) is 29.8. The zero-order chi connectivity index (χ0) is 22.3. The molecule has 1 saturated carbocycles. The molecule has 0 bridgehead atoms. The predicted molar refractivity (Wildman–Crippen MR) is 114 cm³/mol. The summed E-state index contributed by atoms with van der Waals surface area (Å²) in [7, 11) is 0. The number of rotatable bonds is 6. The number of alkyl carbamates (subject to hydrolysis) is 1. The van der Waals surface area contributed by atoms with Crippen LogP contribution in [0, 0.1) is 0 Å². The highest BCUT2D eigenvalue weighted by Crippen LogP contribution is 2.41. The fourth-order valence-corrected chi connectivity index (χ4v) is 3.18. The van der Waals surface area contributed by atoms with Crippen LogP contribution in [0.15, 0.2) is 10.6 Å². The van der Waals surface area contributed by atoms with Crippen LogP contribution >= 0.6 is 0 Å². The van der Waals surface area contributed by atoms with Gasteiger partial charge < -0.3 is 19.9 Å². The summed E-state index contributed by atoms with van der Waals surface area (Å²) < 4.78 is 10.7. The van der Waals surface area contributed by atoms with Crippen LogP contribution in [0.4, 0.5) is 4.79 Å². The fraction of sp³-hybridized carbons (Fsp3) is 0.636. The van der Waals surface area contributed by atoms with Crippen molar-refractivity contribution in [3.05, 3.63) is 23.0 Å². The first kappa shape index (κ1) is 22.1. The summed E-state index contributed by atoms with van der Waals surface area (Å²) in [5, 5.41) is 10.6. The number of ether oxygens (including phenoxy) is 1. The minimum atomic E-state index is -0.696. The average Bonchev–Trinajstić information content (AvgIpc) is 3.36. The van der Waals surface area contributed by atoms with Crippen molar-refractivity contribution in [3.63, 3.8) is 0 Å². The fourth-order valence-electron chi connectivity index (χ4n) is 3.18. The molecule has 0 unspecified atom stereocenters. The van der Waals surface area contributed by atoms with E-state index in [9.17, 15) is 9.59 Å². The number of fused-ring (bicyclic) bond motifs is 1. The third-order valence-electron chi connectivity index (χ3n) is 4.81. The molecule has 0 aliphatic heterocycles. The molecule has 3 rings (SSSR count). The zero-order valence-electron chi connectivity index (χ0n) is 18.9. The maximum atomic E-state index is 13.3. The molecular weight excluding hydrogens is 384 g/mol. The first-order valence-corrected chi connectivity index (χ1v) is 10.5. The highest BCUT2D eigenvalue weighted by Gasteiger charge is 2.31. The van der Waals surface area contributed by atoms with E-state index in [1.807, 2.05) is 33.8 Å². The molecule has 1 fully saturated rings. The number of nitrogens with one attached hydrogen (secondary N) is 2. The Morgan fingerprint density at radius 2 is 1.90 bits per heavy atom. The van der Waals surface area contributed by atoms with Gasteiger partial charge in [-0.2, -0.15) is 0 Å². The molecule has 2 heterocycles. The van der Waals surface area contributed by atoms with Crippen LogP contribution < -0.4 is 10.6 Å². The van der Waals surface area contributed by atoms with E-state index >= 15 is 0 Å². The van der Waals surface area contributed by atoms with E-state index in [0.29, 0.717) is 22.6 Å². The van der Waals surface area contributed by atoms with Gasteiger partial charge in [0.05, 0.1) is 22.2 Å². The van der Waals surface area contributed by atoms with Crippen molar-refractivity contribution in [3.8, 4) is 0 Å². The smallest absolute Gasteiger partial charge is 0.407 e. The topological polar surface area (TPSA) is 106 Å². The zero-order valence-corrected chi connectivity index (χ0v) is 18.9. The molecule has 164 valence electrons. The van der Waals surface area contributed by atoms with E-state index in [-0.39, 0.29) is 18.4 Å². The molecule has 0 atom stereocenters. The lowest BCUT2D eigenvalue weighted by Crippen LogP contribution is -2.52. The van der Waals surface area contributed by atoms with Crippen molar-refractivity contribution in [2.24, 2.45) is 0 Å². The number of aromatic nitrogens is 2. The Morgan fingerprint density at radius 3 is 2.47 bits per heavy atom.